The lowest BCUT2D eigenvalue weighted by Crippen LogP contribution is -2.30. The molecule has 2 nitrogen and oxygen atoms in total. The first-order chi connectivity index (χ1) is 7.18. The first kappa shape index (κ1) is 12.8. The number of rotatable bonds is 0. The molecule has 15 heavy (non-hydrogen) atoms. The summed E-state index contributed by atoms with van der Waals surface area (Å²) in [5.41, 5.74) is 0. The van der Waals surface area contributed by atoms with Crippen LogP contribution < -0.4 is 5.32 Å². The summed E-state index contributed by atoms with van der Waals surface area (Å²) in [5, 5.41) is 4.24. The average molecular weight is 247 g/mol. The van der Waals surface area contributed by atoms with E-state index in [1.165, 1.54) is 25.8 Å². The Morgan fingerprint density at radius 3 is 2.20 bits per heavy atom. The van der Waals surface area contributed by atoms with E-state index in [-0.39, 0.29) is 0 Å². The van der Waals surface area contributed by atoms with Crippen molar-refractivity contribution in [3.8, 4) is 0 Å². The Balaban J connectivity index is 0.000000151. The van der Waals surface area contributed by atoms with Gasteiger partial charge in [-0.1, -0.05) is 35.7 Å². The third kappa shape index (κ3) is 5.98. The Labute approximate surface area is 101 Å². The summed E-state index contributed by atoms with van der Waals surface area (Å²) in [7, 11) is 0. The van der Waals surface area contributed by atoms with Crippen molar-refractivity contribution >= 4 is 23.2 Å². The van der Waals surface area contributed by atoms with Crippen molar-refractivity contribution in [2.45, 2.75) is 32.2 Å². The van der Waals surface area contributed by atoms with Crippen molar-refractivity contribution in [1.82, 2.24) is 10.3 Å². The minimum Gasteiger partial charge on any atom is -0.314 e. The van der Waals surface area contributed by atoms with Gasteiger partial charge < -0.3 is 5.32 Å². The summed E-state index contributed by atoms with van der Waals surface area (Å²) in [6.07, 6.45) is 4.18. The predicted octanol–water partition coefficient (Wildman–Crippen LogP) is 3.54. The molecule has 0 spiro atoms. The van der Waals surface area contributed by atoms with Gasteiger partial charge in [0.25, 0.3) is 0 Å². The van der Waals surface area contributed by atoms with Gasteiger partial charge in [-0.15, -0.1) is 0 Å². The van der Waals surface area contributed by atoms with E-state index < -0.39 is 0 Å². The largest absolute Gasteiger partial charge is 0.314 e. The zero-order valence-electron chi connectivity index (χ0n) is 8.84. The van der Waals surface area contributed by atoms with Gasteiger partial charge in [-0.2, -0.15) is 0 Å². The topological polar surface area (TPSA) is 24.9 Å². The van der Waals surface area contributed by atoms with Crippen LogP contribution in [0.4, 0.5) is 0 Å². The van der Waals surface area contributed by atoms with Crippen LogP contribution in [0.25, 0.3) is 0 Å². The standard InChI is InChI=1S/C6H13N.C5H3Cl2N/c1-6-4-2-3-5-7-6;6-4-2-1-3-5(7)8-4/h6-7H,2-5H2,1H3;1-3H/t6-;/m1./s1. The van der Waals surface area contributed by atoms with Gasteiger partial charge in [0.2, 0.25) is 0 Å². The molecule has 1 N–H and O–H groups in total. The lowest BCUT2D eigenvalue weighted by molar-refractivity contribution is 0.425. The second-order valence-corrected chi connectivity index (χ2v) is 4.41. The monoisotopic (exact) mass is 246 g/mol. The van der Waals surface area contributed by atoms with Crippen LogP contribution >= 0.6 is 23.2 Å². The summed E-state index contributed by atoms with van der Waals surface area (Å²) in [6, 6.07) is 5.88. The number of piperidine rings is 1. The van der Waals surface area contributed by atoms with Crippen LogP contribution in [0.3, 0.4) is 0 Å². The van der Waals surface area contributed by atoms with Gasteiger partial charge in [0, 0.05) is 6.04 Å². The second kappa shape index (κ2) is 7.04. The summed E-state index contributed by atoms with van der Waals surface area (Å²) in [6.45, 7) is 3.49. The SMILES string of the molecule is C[C@@H]1CCCCN1.Clc1cccc(Cl)n1. The minimum atomic E-state index is 0.428. The van der Waals surface area contributed by atoms with Crippen molar-refractivity contribution in [2.24, 2.45) is 0 Å². The van der Waals surface area contributed by atoms with E-state index in [2.05, 4.69) is 17.2 Å². The molecular formula is C11H16Cl2N2. The molecule has 0 bridgehead atoms. The van der Waals surface area contributed by atoms with Crippen molar-refractivity contribution in [1.29, 1.82) is 0 Å². The van der Waals surface area contributed by atoms with E-state index in [1.54, 1.807) is 18.2 Å². The van der Waals surface area contributed by atoms with Gasteiger partial charge in [-0.05, 0) is 38.4 Å². The van der Waals surface area contributed by atoms with E-state index >= 15 is 0 Å². The molecule has 0 amide bonds. The number of hydrogen-bond acceptors (Lipinski definition) is 2. The lowest BCUT2D eigenvalue weighted by atomic mass is 10.1. The van der Waals surface area contributed by atoms with Crippen LogP contribution in [0.5, 0.6) is 0 Å². The molecule has 0 aromatic carbocycles. The van der Waals surface area contributed by atoms with Gasteiger partial charge in [0.15, 0.2) is 0 Å². The van der Waals surface area contributed by atoms with Gasteiger partial charge >= 0.3 is 0 Å². The minimum absolute atomic E-state index is 0.428. The molecule has 1 aliphatic heterocycles. The molecule has 0 unspecified atom stereocenters. The van der Waals surface area contributed by atoms with E-state index in [0.29, 0.717) is 10.3 Å². The van der Waals surface area contributed by atoms with E-state index in [0.717, 1.165) is 6.04 Å². The van der Waals surface area contributed by atoms with E-state index in [9.17, 15) is 0 Å². The van der Waals surface area contributed by atoms with Crippen LogP contribution in [0, 0.1) is 0 Å². The molecule has 0 aliphatic carbocycles. The van der Waals surface area contributed by atoms with Crippen LogP contribution in [-0.2, 0) is 0 Å². The summed E-state index contributed by atoms with van der Waals surface area (Å²) >= 11 is 10.9. The van der Waals surface area contributed by atoms with Crippen molar-refractivity contribution in [2.75, 3.05) is 6.54 Å². The highest BCUT2D eigenvalue weighted by Gasteiger charge is 2.04. The smallest absolute Gasteiger partial charge is 0.130 e. The molecule has 4 heteroatoms. The maximum Gasteiger partial charge on any atom is 0.130 e. The van der Waals surface area contributed by atoms with Crippen molar-refractivity contribution in [3.05, 3.63) is 28.5 Å². The fraction of sp³-hybridized carbons (Fsp3) is 0.545. The number of nitrogens with one attached hydrogen (secondary N) is 1. The average Bonchev–Trinajstić information content (AvgIpc) is 2.19. The van der Waals surface area contributed by atoms with Gasteiger partial charge in [-0.25, -0.2) is 4.98 Å². The van der Waals surface area contributed by atoms with E-state index in [1.807, 2.05) is 0 Å². The van der Waals surface area contributed by atoms with Crippen LogP contribution in [0.15, 0.2) is 18.2 Å². The molecule has 0 radical (unpaired) electrons. The second-order valence-electron chi connectivity index (χ2n) is 3.63. The maximum atomic E-state index is 5.45. The number of aromatic nitrogens is 1. The molecule has 0 saturated carbocycles. The number of hydrogen-bond donors (Lipinski definition) is 1. The highest BCUT2D eigenvalue weighted by atomic mass is 35.5. The van der Waals surface area contributed by atoms with Gasteiger partial charge in [-0.3, -0.25) is 0 Å². The molecule has 1 aromatic rings. The molecule has 84 valence electrons. The summed E-state index contributed by atoms with van der Waals surface area (Å²) in [4.78, 5) is 3.70. The molecule has 1 atom stereocenters. The molecule has 2 heterocycles. The van der Waals surface area contributed by atoms with Gasteiger partial charge in [0.05, 0.1) is 0 Å². The van der Waals surface area contributed by atoms with Crippen LogP contribution in [0.2, 0.25) is 10.3 Å². The predicted molar refractivity (Wildman–Crippen MR) is 65.6 cm³/mol. The normalized spacial score (nSPS) is 20.3. The van der Waals surface area contributed by atoms with Crippen molar-refractivity contribution in [3.63, 3.8) is 0 Å². The summed E-state index contributed by atoms with van der Waals surface area (Å²) in [5.74, 6) is 0. The van der Waals surface area contributed by atoms with E-state index in [4.69, 9.17) is 23.2 Å². The van der Waals surface area contributed by atoms with Crippen LogP contribution in [0.1, 0.15) is 26.2 Å². The fourth-order valence-electron chi connectivity index (χ4n) is 1.41. The fourth-order valence-corrected chi connectivity index (χ4v) is 1.78. The first-order valence-corrected chi connectivity index (χ1v) is 5.95. The van der Waals surface area contributed by atoms with Crippen LogP contribution in [-0.4, -0.2) is 17.6 Å². The maximum absolute atomic E-state index is 5.45. The molecular weight excluding hydrogens is 231 g/mol. The zero-order chi connectivity index (χ0) is 11.1. The Bertz CT molecular complexity index is 268. The molecule has 2 rings (SSSR count). The number of pyridine rings is 1. The zero-order valence-corrected chi connectivity index (χ0v) is 10.4. The Hall–Kier alpha value is -0.310. The first-order valence-electron chi connectivity index (χ1n) is 5.20. The molecule has 1 aromatic heterocycles. The molecule has 1 aliphatic rings. The third-order valence-electron chi connectivity index (χ3n) is 2.24. The molecule has 1 fully saturated rings. The highest BCUT2D eigenvalue weighted by molar-refractivity contribution is 6.32. The Morgan fingerprint density at radius 1 is 1.27 bits per heavy atom. The highest BCUT2D eigenvalue weighted by Crippen LogP contribution is 2.08. The number of halogens is 2. The van der Waals surface area contributed by atoms with Gasteiger partial charge in [0.1, 0.15) is 10.3 Å². The summed E-state index contributed by atoms with van der Waals surface area (Å²) < 4.78 is 0. The number of nitrogens with zero attached hydrogens (tertiary/aromatic N) is 1. The Kier molecular flexibility index (Phi) is 5.99. The Morgan fingerprint density at radius 2 is 1.93 bits per heavy atom. The van der Waals surface area contributed by atoms with Crippen molar-refractivity contribution < 1.29 is 0 Å². The lowest BCUT2D eigenvalue weighted by Gasteiger charge is -2.18. The third-order valence-corrected chi connectivity index (χ3v) is 2.66. The quantitative estimate of drug-likeness (QED) is 0.709. The molecule has 1 saturated heterocycles.